The third-order valence-corrected chi connectivity index (χ3v) is 10.2. The van der Waals surface area contributed by atoms with Crippen LogP contribution >= 0.6 is 7.82 Å². The first-order valence-corrected chi connectivity index (χ1v) is 23.9. The minimum atomic E-state index is -4.76. The van der Waals surface area contributed by atoms with Gasteiger partial charge in [-0.1, -0.05) is 143 Å². The maximum atomic E-state index is 12.6. The summed E-state index contributed by atoms with van der Waals surface area (Å²) in [5, 5.41) is 8.89. The van der Waals surface area contributed by atoms with Crippen molar-refractivity contribution in [2.24, 2.45) is 5.73 Å². The van der Waals surface area contributed by atoms with Crippen molar-refractivity contribution in [2.75, 3.05) is 19.8 Å². The molecule has 0 aromatic heterocycles. The third kappa shape index (κ3) is 35.6. The molecule has 0 aromatic rings. The highest BCUT2D eigenvalue weighted by atomic mass is 31.2. The van der Waals surface area contributed by atoms with Gasteiger partial charge in [0, 0.05) is 12.8 Å². The van der Waals surface area contributed by atoms with Crippen LogP contribution in [-0.4, -0.2) is 72.1 Å². The number of carboxylic acid groups (broad SMARTS) is 1. The fraction of sp³-hybridized carbons (Fsp3) is 0.604. The van der Waals surface area contributed by atoms with Gasteiger partial charge in [-0.3, -0.25) is 23.4 Å². The average molecular weight is 874 g/mol. The number of phosphoric ester groups is 1. The van der Waals surface area contributed by atoms with Gasteiger partial charge in [0.25, 0.3) is 0 Å². The molecule has 1 rings (SSSR count). The number of carbonyl (C=O) groups is 3. The Hall–Kier alpha value is -3.64. The van der Waals surface area contributed by atoms with Crippen LogP contribution in [0.15, 0.2) is 97.2 Å². The number of hydrogen-bond acceptors (Lipinski definition) is 10. The van der Waals surface area contributed by atoms with Crippen LogP contribution in [0.2, 0.25) is 0 Å². The second-order valence-electron chi connectivity index (χ2n) is 14.9. The highest BCUT2D eigenvalue weighted by Crippen LogP contribution is 2.43. The van der Waals surface area contributed by atoms with Crippen LogP contribution in [0.3, 0.4) is 0 Å². The summed E-state index contributed by atoms with van der Waals surface area (Å²) in [5.41, 5.74) is 5.33. The summed E-state index contributed by atoms with van der Waals surface area (Å²) >= 11 is 0. The van der Waals surface area contributed by atoms with Crippen molar-refractivity contribution in [1.82, 2.24) is 0 Å². The summed E-state index contributed by atoms with van der Waals surface area (Å²) in [6.07, 6.45) is 51.0. The van der Waals surface area contributed by atoms with Crippen LogP contribution in [0, 0.1) is 0 Å². The third-order valence-electron chi connectivity index (χ3n) is 9.24. The van der Waals surface area contributed by atoms with Gasteiger partial charge in [0.05, 0.1) is 25.4 Å². The van der Waals surface area contributed by atoms with E-state index < -0.39 is 57.7 Å². The van der Waals surface area contributed by atoms with Crippen LogP contribution in [0.1, 0.15) is 142 Å². The number of rotatable bonds is 39. The monoisotopic (exact) mass is 874 g/mol. The van der Waals surface area contributed by atoms with E-state index in [-0.39, 0.29) is 12.8 Å². The molecule has 5 atom stereocenters. The molecule has 0 radical (unpaired) electrons. The molecule has 4 N–H and O–H groups in total. The van der Waals surface area contributed by atoms with Crippen LogP contribution in [-0.2, 0) is 42.2 Å². The Morgan fingerprint density at radius 3 is 1.66 bits per heavy atom. The second-order valence-corrected chi connectivity index (χ2v) is 16.3. The van der Waals surface area contributed by atoms with Crippen molar-refractivity contribution in [2.45, 2.75) is 167 Å². The summed E-state index contributed by atoms with van der Waals surface area (Å²) < 4.78 is 38.3. The van der Waals surface area contributed by atoms with Gasteiger partial charge in [0.2, 0.25) is 0 Å². The summed E-state index contributed by atoms with van der Waals surface area (Å²) in [7, 11) is -4.76. The predicted molar refractivity (Wildman–Crippen MR) is 244 cm³/mol. The molecule has 0 aromatic carbocycles. The van der Waals surface area contributed by atoms with E-state index in [1.54, 1.807) is 0 Å². The number of esters is 2. The Bertz CT molecular complexity index is 1460. The highest BCUT2D eigenvalue weighted by molar-refractivity contribution is 7.47. The molecule has 0 amide bonds. The van der Waals surface area contributed by atoms with Crippen LogP contribution in [0.4, 0.5) is 0 Å². The van der Waals surface area contributed by atoms with Gasteiger partial charge in [0.15, 0.2) is 6.10 Å². The molecule has 61 heavy (non-hydrogen) atoms. The lowest BCUT2D eigenvalue weighted by Gasteiger charge is -2.20. The number of carboxylic acids is 1. The highest BCUT2D eigenvalue weighted by Gasteiger charge is 2.36. The fourth-order valence-electron chi connectivity index (χ4n) is 5.60. The molecule has 1 heterocycles. The van der Waals surface area contributed by atoms with Crippen LogP contribution in [0.25, 0.3) is 0 Å². The van der Waals surface area contributed by atoms with E-state index in [9.17, 15) is 23.8 Å². The van der Waals surface area contributed by atoms with E-state index in [4.69, 9.17) is 29.6 Å². The normalized spacial score (nSPS) is 17.9. The standard InChI is InChI=1S/C48H76NO11P/c1-3-5-7-8-9-10-11-12-13-14-15-16-17-18-19-23-26-29-33-37-46(50)56-39-42(40-57-61(54,55)58-41-43(49)48(52)53)59-47(51)38-34-30-27-24-21-20-22-25-28-32-36-45-44(60-45)35-31-6-4-2/h9-10,12-13,15-16,18-20,22,24,26-29,32,42-45H,3-8,11,14,17,21,23,25,30-31,33-41,49H2,1-2H3,(H,52,53)(H,54,55)/b10-9-,13-12-,16-15-,19-18-,22-20-,27-24-,29-26-,32-28-/t42-,43+,44?,45?/m1/s1. The number of ether oxygens (including phenoxy) is 3. The topological polar surface area (TPSA) is 184 Å². The number of unbranched alkanes of at least 4 members (excludes halogenated alkanes) is 6. The minimum Gasteiger partial charge on any atom is -0.480 e. The predicted octanol–water partition coefficient (Wildman–Crippen LogP) is 11.0. The molecule has 1 aliphatic rings. The van der Waals surface area contributed by atoms with Gasteiger partial charge in [-0.05, 0) is 83.5 Å². The molecule has 3 unspecified atom stereocenters. The van der Waals surface area contributed by atoms with E-state index >= 15 is 0 Å². The number of allylic oxidation sites excluding steroid dienone is 15. The first-order chi connectivity index (χ1) is 29.6. The van der Waals surface area contributed by atoms with E-state index in [1.807, 2.05) is 24.3 Å². The number of aliphatic carboxylic acids is 1. The van der Waals surface area contributed by atoms with Gasteiger partial charge in [-0.15, -0.1) is 0 Å². The summed E-state index contributed by atoms with van der Waals surface area (Å²) in [4.78, 5) is 46.0. The SMILES string of the molecule is CCCCC/C=C\C/C=C\C/C=C\C/C=C\C/C=C\CCC(=O)OC[C@H](COP(=O)(O)OC[C@H](N)C(=O)O)OC(=O)CCC/C=C\C/C=C\C/C=C\CC1OC1CCCCC. The van der Waals surface area contributed by atoms with E-state index in [1.165, 1.54) is 44.9 Å². The van der Waals surface area contributed by atoms with Crippen molar-refractivity contribution in [3.8, 4) is 0 Å². The number of carbonyl (C=O) groups excluding carboxylic acids is 2. The molecule has 1 aliphatic heterocycles. The number of epoxide rings is 1. The molecule has 1 fully saturated rings. The molecule has 0 spiro atoms. The number of nitrogens with two attached hydrogens (primary N) is 1. The molecule has 0 bridgehead atoms. The van der Waals surface area contributed by atoms with Crippen molar-refractivity contribution in [1.29, 1.82) is 0 Å². The zero-order valence-corrected chi connectivity index (χ0v) is 37.8. The number of hydrogen-bond donors (Lipinski definition) is 3. The number of phosphoric acid groups is 1. The van der Waals surface area contributed by atoms with Crippen molar-refractivity contribution in [3.05, 3.63) is 97.2 Å². The lowest BCUT2D eigenvalue weighted by atomic mass is 10.1. The molecule has 0 aliphatic carbocycles. The Balaban J connectivity index is 2.37. The van der Waals surface area contributed by atoms with Crippen molar-refractivity contribution >= 4 is 25.7 Å². The van der Waals surface area contributed by atoms with E-state index in [2.05, 4.69) is 91.3 Å². The zero-order chi connectivity index (χ0) is 44.7. The van der Waals surface area contributed by atoms with Crippen LogP contribution in [0.5, 0.6) is 0 Å². The average Bonchev–Trinajstić information content (AvgIpc) is 3.99. The maximum absolute atomic E-state index is 12.6. The molecule has 0 saturated carbocycles. The Morgan fingerprint density at radius 1 is 0.607 bits per heavy atom. The Morgan fingerprint density at radius 2 is 1.10 bits per heavy atom. The van der Waals surface area contributed by atoms with Crippen molar-refractivity contribution in [3.63, 3.8) is 0 Å². The first-order valence-electron chi connectivity index (χ1n) is 22.4. The van der Waals surface area contributed by atoms with Gasteiger partial charge in [-0.2, -0.15) is 0 Å². The molecule has 1 saturated heterocycles. The van der Waals surface area contributed by atoms with Crippen molar-refractivity contribution < 1.29 is 52.2 Å². The summed E-state index contributed by atoms with van der Waals surface area (Å²) in [6, 6.07) is -1.55. The Labute approximate surface area is 366 Å². The lowest BCUT2D eigenvalue weighted by molar-refractivity contribution is -0.161. The molecule has 12 nitrogen and oxygen atoms in total. The van der Waals surface area contributed by atoms with Gasteiger partial charge >= 0.3 is 25.7 Å². The molecule has 344 valence electrons. The summed E-state index contributed by atoms with van der Waals surface area (Å²) in [6.45, 7) is 2.59. The fourth-order valence-corrected chi connectivity index (χ4v) is 6.38. The van der Waals surface area contributed by atoms with E-state index in [0.29, 0.717) is 31.5 Å². The molecular formula is C48H76NO11P. The van der Waals surface area contributed by atoms with Gasteiger partial charge in [-0.25, -0.2) is 4.57 Å². The van der Waals surface area contributed by atoms with E-state index in [0.717, 1.165) is 51.4 Å². The minimum absolute atomic E-state index is 0.0601. The quantitative estimate of drug-likeness (QED) is 0.0175. The zero-order valence-electron chi connectivity index (χ0n) is 36.9. The van der Waals surface area contributed by atoms with Gasteiger partial charge in [0.1, 0.15) is 12.6 Å². The Kier molecular flexibility index (Phi) is 34.6. The first kappa shape index (κ1) is 55.4. The summed E-state index contributed by atoms with van der Waals surface area (Å²) in [5.74, 6) is -2.58. The van der Waals surface area contributed by atoms with Gasteiger partial charge < -0.3 is 29.9 Å². The molecule has 13 heteroatoms. The second kappa shape index (κ2) is 38.1. The van der Waals surface area contributed by atoms with Crippen LogP contribution < -0.4 is 5.73 Å². The lowest BCUT2D eigenvalue weighted by Crippen LogP contribution is -2.34. The smallest absolute Gasteiger partial charge is 0.472 e. The molecular weight excluding hydrogens is 797 g/mol. The maximum Gasteiger partial charge on any atom is 0.472 e. The largest absolute Gasteiger partial charge is 0.480 e.